The van der Waals surface area contributed by atoms with Gasteiger partial charge in [-0.1, -0.05) is 30.3 Å². The number of nitrogens with one attached hydrogen (secondary N) is 1. The van der Waals surface area contributed by atoms with E-state index in [4.69, 9.17) is 4.42 Å². The summed E-state index contributed by atoms with van der Waals surface area (Å²) in [6, 6.07) is 11.1. The van der Waals surface area contributed by atoms with Gasteiger partial charge in [-0.05, 0) is 19.8 Å². The second-order valence-electron chi connectivity index (χ2n) is 5.97. The number of ketones is 1. The Hall–Kier alpha value is -3.22. The summed E-state index contributed by atoms with van der Waals surface area (Å²) in [5, 5.41) is 7.06. The van der Waals surface area contributed by atoms with Gasteiger partial charge in [0.2, 0.25) is 0 Å². The van der Waals surface area contributed by atoms with E-state index in [1.165, 1.54) is 6.39 Å². The fraction of sp³-hybridized carbons (Fsp3) is 0.263. The van der Waals surface area contributed by atoms with Gasteiger partial charge in [0.15, 0.2) is 23.7 Å². The van der Waals surface area contributed by atoms with Gasteiger partial charge in [0.25, 0.3) is 5.91 Å². The molecule has 1 N–H and O–H groups in total. The molecule has 0 bridgehead atoms. The first-order chi connectivity index (χ1) is 12.6. The first-order valence-corrected chi connectivity index (χ1v) is 8.46. The van der Waals surface area contributed by atoms with E-state index in [2.05, 4.69) is 15.4 Å². The van der Waals surface area contributed by atoms with Gasteiger partial charge >= 0.3 is 0 Å². The molecule has 2 heterocycles. The number of aromatic nitrogens is 3. The Morgan fingerprint density at radius 2 is 1.96 bits per heavy atom. The first-order valence-electron chi connectivity index (χ1n) is 8.46. The van der Waals surface area contributed by atoms with E-state index in [-0.39, 0.29) is 17.4 Å². The third kappa shape index (κ3) is 4.44. The SMILES string of the molecule is CC(=O)CCCCn1ccc(NC(=O)c2ncoc2-c2ccccc2)n1. The van der Waals surface area contributed by atoms with Crippen LogP contribution in [0, 0.1) is 0 Å². The van der Waals surface area contributed by atoms with Crippen molar-refractivity contribution in [2.45, 2.75) is 32.7 Å². The molecular formula is C19H20N4O3. The molecule has 0 saturated carbocycles. The van der Waals surface area contributed by atoms with E-state index in [9.17, 15) is 9.59 Å². The van der Waals surface area contributed by atoms with Gasteiger partial charge in [-0.3, -0.25) is 9.48 Å². The Labute approximate surface area is 151 Å². The summed E-state index contributed by atoms with van der Waals surface area (Å²) in [6.45, 7) is 2.29. The van der Waals surface area contributed by atoms with Crippen LogP contribution in [0.2, 0.25) is 0 Å². The maximum absolute atomic E-state index is 12.5. The lowest BCUT2D eigenvalue weighted by Crippen LogP contribution is -2.14. The number of benzene rings is 1. The highest BCUT2D eigenvalue weighted by Gasteiger charge is 2.19. The highest BCUT2D eigenvalue weighted by Crippen LogP contribution is 2.23. The Bertz CT molecular complexity index is 883. The van der Waals surface area contributed by atoms with Gasteiger partial charge in [0.1, 0.15) is 5.78 Å². The van der Waals surface area contributed by atoms with Gasteiger partial charge in [-0.25, -0.2) is 4.98 Å². The molecule has 26 heavy (non-hydrogen) atoms. The van der Waals surface area contributed by atoms with Crippen LogP contribution in [-0.2, 0) is 11.3 Å². The van der Waals surface area contributed by atoms with E-state index < -0.39 is 0 Å². The summed E-state index contributed by atoms with van der Waals surface area (Å²) in [7, 11) is 0. The van der Waals surface area contributed by atoms with Crippen LogP contribution >= 0.6 is 0 Å². The number of Topliss-reactive ketones (excluding diaryl/α,β-unsaturated/α-hetero) is 1. The molecule has 3 rings (SSSR count). The lowest BCUT2D eigenvalue weighted by molar-refractivity contribution is -0.117. The average molecular weight is 352 g/mol. The maximum atomic E-state index is 12.5. The summed E-state index contributed by atoms with van der Waals surface area (Å²) in [5.41, 5.74) is 0.998. The molecule has 7 heteroatoms. The minimum Gasteiger partial charge on any atom is -0.443 e. The molecule has 1 aromatic carbocycles. The number of amides is 1. The standard InChI is InChI=1S/C19H20N4O3/c1-14(24)7-5-6-11-23-12-10-16(22-23)21-19(25)17-18(26-13-20-17)15-8-3-2-4-9-15/h2-4,8-10,12-13H,5-7,11H2,1H3,(H,21,22,25). The summed E-state index contributed by atoms with van der Waals surface area (Å²) in [4.78, 5) is 27.5. The van der Waals surface area contributed by atoms with Gasteiger partial charge in [0, 0.05) is 30.8 Å². The van der Waals surface area contributed by atoms with Crippen molar-refractivity contribution in [3.05, 3.63) is 54.7 Å². The molecule has 0 unspecified atom stereocenters. The summed E-state index contributed by atoms with van der Waals surface area (Å²) in [5.74, 6) is 0.690. The molecule has 0 spiro atoms. The zero-order valence-electron chi connectivity index (χ0n) is 14.5. The second kappa shape index (κ2) is 8.24. The number of unbranched alkanes of at least 4 members (excludes halogenated alkanes) is 1. The van der Waals surface area contributed by atoms with Crippen molar-refractivity contribution < 1.29 is 14.0 Å². The highest BCUT2D eigenvalue weighted by molar-refractivity contribution is 6.05. The number of hydrogen-bond donors (Lipinski definition) is 1. The predicted octanol–water partition coefficient (Wildman–Crippen LogP) is 3.55. The van der Waals surface area contributed by atoms with Crippen molar-refractivity contribution in [3.63, 3.8) is 0 Å². The van der Waals surface area contributed by atoms with Crippen LogP contribution in [0.25, 0.3) is 11.3 Å². The number of oxazole rings is 1. The monoisotopic (exact) mass is 352 g/mol. The Kier molecular flexibility index (Phi) is 5.58. The van der Waals surface area contributed by atoms with Crippen molar-refractivity contribution in [3.8, 4) is 11.3 Å². The minimum atomic E-state index is -0.376. The maximum Gasteiger partial charge on any atom is 0.279 e. The molecule has 0 aliphatic carbocycles. The van der Waals surface area contributed by atoms with Gasteiger partial charge in [-0.2, -0.15) is 5.10 Å². The van der Waals surface area contributed by atoms with Crippen LogP contribution in [0.4, 0.5) is 5.82 Å². The zero-order chi connectivity index (χ0) is 18.4. The number of nitrogens with zero attached hydrogens (tertiary/aromatic N) is 3. The Morgan fingerprint density at radius 1 is 1.15 bits per heavy atom. The van der Waals surface area contributed by atoms with Crippen LogP contribution < -0.4 is 5.32 Å². The number of carbonyl (C=O) groups is 2. The molecule has 2 aromatic heterocycles. The fourth-order valence-electron chi connectivity index (χ4n) is 2.58. The zero-order valence-corrected chi connectivity index (χ0v) is 14.5. The largest absolute Gasteiger partial charge is 0.443 e. The first kappa shape index (κ1) is 17.6. The molecule has 0 fully saturated rings. The molecule has 7 nitrogen and oxygen atoms in total. The fourth-order valence-corrected chi connectivity index (χ4v) is 2.58. The lowest BCUT2D eigenvalue weighted by Gasteiger charge is -2.03. The molecular weight excluding hydrogens is 332 g/mol. The molecule has 0 aliphatic rings. The number of rotatable bonds is 8. The van der Waals surface area contributed by atoms with E-state index >= 15 is 0 Å². The van der Waals surface area contributed by atoms with Crippen molar-refractivity contribution >= 4 is 17.5 Å². The average Bonchev–Trinajstić information content (AvgIpc) is 3.29. The number of aryl methyl sites for hydroxylation is 1. The number of carbonyl (C=O) groups excluding carboxylic acids is 2. The van der Waals surface area contributed by atoms with Gasteiger partial charge in [-0.15, -0.1) is 0 Å². The van der Waals surface area contributed by atoms with Crippen LogP contribution in [0.1, 0.15) is 36.7 Å². The van der Waals surface area contributed by atoms with Crippen molar-refractivity contribution in [2.75, 3.05) is 5.32 Å². The topological polar surface area (TPSA) is 90.0 Å². The Morgan fingerprint density at radius 3 is 2.73 bits per heavy atom. The molecule has 0 aliphatic heterocycles. The molecule has 0 radical (unpaired) electrons. The highest BCUT2D eigenvalue weighted by atomic mass is 16.3. The summed E-state index contributed by atoms with van der Waals surface area (Å²) >= 11 is 0. The minimum absolute atomic E-state index is 0.195. The second-order valence-corrected chi connectivity index (χ2v) is 5.97. The predicted molar refractivity (Wildman–Crippen MR) is 96.7 cm³/mol. The molecule has 0 atom stereocenters. The van der Waals surface area contributed by atoms with Crippen LogP contribution in [0.3, 0.4) is 0 Å². The van der Waals surface area contributed by atoms with Gasteiger partial charge < -0.3 is 14.5 Å². The normalized spacial score (nSPS) is 10.7. The van der Waals surface area contributed by atoms with Crippen molar-refractivity contribution in [2.24, 2.45) is 0 Å². The van der Waals surface area contributed by atoms with Crippen molar-refractivity contribution in [1.82, 2.24) is 14.8 Å². The van der Waals surface area contributed by atoms with E-state index in [0.29, 0.717) is 24.5 Å². The number of hydrogen-bond acceptors (Lipinski definition) is 5. The van der Waals surface area contributed by atoms with Gasteiger partial charge in [0.05, 0.1) is 0 Å². The molecule has 134 valence electrons. The summed E-state index contributed by atoms with van der Waals surface area (Å²) < 4.78 is 7.12. The van der Waals surface area contributed by atoms with E-state index in [1.54, 1.807) is 23.9 Å². The number of anilines is 1. The van der Waals surface area contributed by atoms with E-state index in [0.717, 1.165) is 18.4 Å². The van der Waals surface area contributed by atoms with Crippen molar-refractivity contribution in [1.29, 1.82) is 0 Å². The Balaban J connectivity index is 1.61. The molecule has 1 amide bonds. The molecule has 3 aromatic rings. The van der Waals surface area contributed by atoms with Crippen LogP contribution in [0.15, 0.2) is 53.4 Å². The quantitative estimate of drug-likeness (QED) is 0.626. The van der Waals surface area contributed by atoms with E-state index in [1.807, 2.05) is 30.3 Å². The lowest BCUT2D eigenvalue weighted by atomic mass is 10.1. The van der Waals surface area contributed by atoms with Crippen LogP contribution in [-0.4, -0.2) is 26.5 Å². The smallest absolute Gasteiger partial charge is 0.279 e. The van der Waals surface area contributed by atoms with Crippen LogP contribution in [0.5, 0.6) is 0 Å². The third-order valence-corrected chi connectivity index (χ3v) is 3.87. The molecule has 0 saturated heterocycles. The summed E-state index contributed by atoms with van der Waals surface area (Å²) in [6.07, 6.45) is 5.32. The third-order valence-electron chi connectivity index (χ3n) is 3.87.